The molecule has 3 aromatic rings. The van der Waals surface area contributed by atoms with Gasteiger partial charge in [0.05, 0.1) is 17.0 Å². The highest BCUT2D eigenvalue weighted by Gasteiger charge is 2.11. The van der Waals surface area contributed by atoms with E-state index in [1.165, 1.54) is 28.2 Å². The Morgan fingerprint density at radius 3 is 2.64 bits per heavy atom. The van der Waals surface area contributed by atoms with Gasteiger partial charge in [-0.3, -0.25) is 14.9 Å². The van der Waals surface area contributed by atoms with Gasteiger partial charge in [-0.2, -0.15) is 0 Å². The van der Waals surface area contributed by atoms with Crippen LogP contribution in [0, 0.1) is 6.92 Å². The summed E-state index contributed by atoms with van der Waals surface area (Å²) in [4.78, 5) is 28.9. The lowest BCUT2D eigenvalue weighted by atomic mass is 10.1. The molecule has 0 bridgehead atoms. The van der Waals surface area contributed by atoms with Crippen LogP contribution in [-0.2, 0) is 17.8 Å². The highest BCUT2D eigenvalue weighted by molar-refractivity contribution is 7.14. The number of aryl methyl sites for hydroxylation is 1. The third-order valence-corrected chi connectivity index (χ3v) is 5.14. The Morgan fingerprint density at radius 1 is 1.12 bits per heavy atom. The van der Waals surface area contributed by atoms with Gasteiger partial charge in [-0.15, -0.1) is 22.7 Å². The minimum Gasteiger partial charge on any atom is -0.352 e. The number of thiophene rings is 1. The van der Waals surface area contributed by atoms with Crippen LogP contribution in [0.2, 0.25) is 0 Å². The van der Waals surface area contributed by atoms with Gasteiger partial charge in [0.25, 0.3) is 5.91 Å². The van der Waals surface area contributed by atoms with Gasteiger partial charge < -0.3 is 5.32 Å². The van der Waals surface area contributed by atoms with Gasteiger partial charge in [0.1, 0.15) is 0 Å². The monoisotopic (exact) mass is 371 g/mol. The quantitative estimate of drug-likeness (QED) is 0.695. The van der Waals surface area contributed by atoms with Gasteiger partial charge in [0.2, 0.25) is 5.91 Å². The summed E-state index contributed by atoms with van der Waals surface area (Å²) in [6.07, 6.45) is 0.192. The second-order valence-corrected chi connectivity index (χ2v) is 7.32. The molecule has 2 aromatic heterocycles. The van der Waals surface area contributed by atoms with Crippen molar-refractivity contribution >= 4 is 39.6 Å². The van der Waals surface area contributed by atoms with Crippen molar-refractivity contribution in [2.45, 2.75) is 19.9 Å². The van der Waals surface area contributed by atoms with Crippen LogP contribution in [-0.4, -0.2) is 16.8 Å². The van der Waals surface area contributed by atoms with Gasteiger partial charge in [-0.1, -0.05) is 35.9 Å². The summed E-state index contributed by atoms with van der Waals surface area (Å²) in [5.41, 5.74) is 2.89. The number of rotatable bonds is 6. The molecule has 0 saturated carbocycles. The third-order valence-electron chi connectivity index (χ3n) is 3.47. The SMILES string of the molecule is Cc1ccc(CNC(=O)Cc2csc(NC(=O)c3cccs3)n2)cc1. The number of nitrogens with one attached hydrogen (secondary N) is 2. The molecule has 0 radical (unpaired) electrons. The summed E-state index contributed by atoms with van der Waals surface area (Å²) in [7, 11) is 0. The van der Waals surface area contributed by atoms with Crippen molar-refractivity contribution in [3.05, 3.63) is 68.9 Å². The molecule has 25 heavy (non-hydrogen) atoms. The number of thiazole rings is 1. The number of amides is 2. The summed E-state index contributed by atoms with van der Waals surface area (Å²) >= 11 is 2.69. The maximum absolute atomic E-state index is 12.0. The standard InChI is InChI=1S/C18H17N3O2S2/c1-12-4-6-13(7-5-12)10-19-16(22)9-14-11-25-18(20-14)21-17(23)15-3-2-8-24-15/h2-8,11H,9-10H2,1H3,(H,19,22)(H,20,21,23). The van der Waals surface area contributed by atoms with Crippen LogP contribution < -0.4 is 10.6 Å². The molecule has 1 aromatic carbocycles. The molecule has 0 aliphatic carbocycles. The molecule has 2 amide bonds. The van der Waals surface area contributed by atoms with E-state index in [2.05, 4.69) is 15.6 Å². The number of hydrogen-bond acceptors (Lipinski definition) is 5. The van der Waals surface area contributed by atoms with Crippen molar-refractivity contribution in [3.63, 3.8) is 0 Å². The minimum absolute atomic E-state index is 0.0954. The summed E-state index contributed by atoms with van der Waals surface area (Å²) in [5.74, 6) is -0.276. The van der Waals surface area contributed by atoms with Crippen molar-refractivity contribution in [1.29, 1.82) is 0 Å². The minimum atomic E-state index is -0.181. The molecule has 0 spiro atoms. The van der Waals surface area contributed by atoms with E-state index in [-0.39, 0.29) is 18.2 Å². The van der Waals surface area contributed by atoms with Crippen LogP contribution in [0.25, 0.3) is 0 Å². The molecular weight excluding hydrogens is 354 g/mol. The van der Waals surface area contributed by atoms with E-state index < -0.39 is 0 Å². The van der Waals surface area contributed by atoms with Gasteiger partial charge in [0, 0.05) is 11.9 Å². The number of anilines is 1. The third kappa shape index (κ3) is 4.98. The molecule has 0 atom stereocenters. The van der Waals surface area contributed by atoms with Crippen molar-refractivity contribution < 1.29 is 9.59 Å². The number of carbonyl (C=O) groups excluding carboxylic acids is 2. The maximum atomic E-state index is 12.0. The zero-order valence-corrected chi connectivity index (χ0v) is 15.2. The van der Waals surface area contributed by atoms with Crippen LogP contribution >= 0.6 is 22.7 Å². The van der Waals surface area contributed by atoms with E-state index in [0.29, 0.717) is 22.2 Å². The first kappa shape index (κ1) is 17.3. The normalized spacial score (nSPS) is 10.4. The van der Waals surface area contributed by atoms with Crippen molar-refractivity contribution in [1.82, 2.24) is 10.3 Å². The first-order valence-electron chi connectivity index (χ1n) is 7.71. The summed E-state index contributed by atoms with van der Waals surface area (Å²) in [6, 6.07) is 11.6. The topological polar surface area (TPSA) is 71.1 Å². The fourth-order valence-corrected chi connectivity index (χ4v) is 3.47. The van der Waals surface area contributed by atoms with Crippen LogP contribution in [0.3, 0.4) is 0 Å². The molecule has 2 heterocycles. The summed E-state index contributed by atoms with van der Waals surface area (Å²) < 4.78 is 0. The average molecular weight is 371 g/mol. The van der Waals surface area contributed by atoms with Crippen molar-refractivity contribution in [2.75, 3.05) is 5.32 Å². The Morgan fingerprint density at radius 2 is 1.92 bits per heavy atom. The first-order valence-corrected chi connectivity index (χ1v) is 9.47. The average Bonchev–Trinajstić information content (AvgIpc) is 3.26. The molecule has 0 unspecified atom stereocenters. The number of nitrogens with zero attached hydrogens (tertiary/aromatic N) is 1. The molecule has 0 aliphatic rings. The van der Waals surface area contributed by atoms with Crippen LogP contribution in [0.1, 0.15) is 26.5 Å². The van der Waals surface area contributed by atoms with E-state index in [0.717, 1.165) is 5.56 Å². The second kappa shape index (κ2) is 8.04. The van der Waals surface area contributed by atoms with Gasteiger partial charge >= 0.3 is 0 Å². The Hall–Kier alpha value is -2.51. The maximum Gasteiger partial charge on any atom is 0.267 e. The second-order valence-electron chi connectivity index (χ2n) is 5.51. The predicted molar refractivity (Wildman–Crippen MR) is 101 cm³/mol. The highest BCUT2D eigenvalue weighted by atomic mass is 32.1. The van der Waals surface area contributed by atoms with Crippen LogP contribution in [0.15, 0.2) is 47.2 Å². The van der Waals surface area contributed by atoms with E-state index in [1.807, 2.05) is 42.6 Å². The van der Waals surface area contributed by atoms with Gasteiger partial charge in [0.15, 0.2) is 5.13 Å². The molecule has 0 saturated heterocycles. The number of hydrogen-bond donors (Lipinski definition) is 2. The van der Waals surface area contributed by atoms with E-state index in [1.54, 1.807) is 11.4 Å². The Kier molecular flexibility index (Phi) is 5.57. The molecule has 128 valence electrons. The number of carbonyl (C=O) groups is 2. The highest BCUT2D eigenvalue weighted by Crippen LogP contribution is 2.18. The smallest absolute Gasteiger partial charge is 0.267 e. The van der Waals surface area contributed by atoms with E-state index in [9.17, 15) is 9.59 Å². The lowest BCUT2D eigenvalue weighted by molar-refractivity contribution is -0.120. The van der Waals surface area contributed by atoms with E-state index >= 15 is 0 Å². The molecule has 5 nitrogen and oxygen atoms in total. The lowest BCUT2D eigenvalue weighted by Gasteiger charge is -2.04. The first-order chi connectivity index (χ1) is 12.1. The van der Waals surface area contributed by atoms with Gasteiger partial charge in [-0.25, -0.2) is 4.98 Å². The Balaban J connectivity index is 1.49. The molecule has 2 N–H and O–H groups in total. The van der Waals surface area contributed by atoms with Gasteiger partial charge in [-0.05, 0) is 23.9 Å². The lowest BCUT2D eigenvalue weighted by Crippen LogP contribution is -2.24. The van der Waals surface area contributed by atoms with Crippen molar-refractivity contribution in [2.24, 2.45) is 0 Å². The fraction of sp³-hybridized carbons (Fsp3) is 0.167. The molecule has 0 aliphatic heterocycles. The van der Waals surface area contributed by atoms with E-state index in [4.69, 9.17) is 0 Å². The molecule has 7 heteroatoms. The van der Waals surface area contributed by atoms with Crippen molar-refractivity contribution in [3.8, 4) is 0 Å². The summed E-state index contributed by atoms with van der Waals surface area (Å²) in [6.45, 7) is 2.52. The Bertz CT molecular complexity index is 855. The number of aromatic nitrogens is 1. The zero-order chi connectivity index (χ0) is 17.6. The molecule has 0 fully saturated rings. The van der Waals surface area contributed by atoms with Crippen LogP contribution in [0.5, 0.6) is 0 Å². The predicted octanol–water partition coefficient (Wildman–Crippen LogP) is 3.62. The zero-order valence-electron chi connectivity index (χ0n) is 13.6. The Labute approximate surface area is 153 Å². The van der Waals surface area contributed by atoms with Crippen LogP contribution in [0.4, 0.5) is 5.13 Å². The molecule has 3 rings (SSSR count). The number of benzene rings is 1. The largest absolute Gasteiger partial charge is 0.352 e. The molecular formula is C18H17N3O2S2. The fourth-order valence-electron chi connectivity index (χ4n) is 2.15. The summed E-state index contributed by atoms with van der Waals surface area (Å²) in [5, 5.41) is 9.76.